The Kier molecular flexibility index (Phi) is 4.32. The Morgan fingerprint density at radius 2 is 2.04 bits per heavy atom. The molecule has 1 fully saturated rings. The van der Waals surface area contributed by atoms with Gasteiger partial charge in [0.2, 0.25) is 10.0 Å². The third-order valence-electron chi connectivity index (χ3n) is 4.13. The van der Waals surface area contributed by atoms with Crippen LogP contribution in [-0.4, -0.2) is 40.9 Å². The van der Waals surface area contributed by atoms with Gasteiger partial charge in [0.1, 0.15) is 4.90 Å². The van der Waals surface area contributed by atoms with Crippen molar-refractivity contribution in [2.75, 3.05) is 6.54 Å². The van der Waals surface area contributed by atoms with Gasteiger partial charge >= 0.3 is 0 Å². The summed E-state index contributed by atoms with van der Waals surface area (Å²) in [6.07, 6.45) is 4.53. The fraction of sp³-hybridized carbons (Fsp3) is 0.375. The molecule has 1 atom stereocenters. The molecule has 23 heavy (non-hydrogen) atoms. The zero-order valence-corrected chi connectivity index (χ0v) is 13.7. The first-order valence-electron chi connectivity index (χ1n) is 7.57. The van der Waals surface area contributed by atoms with Crippen LogP contribution in [0.3, 0.4) is 0 Å². The fourth-order valence-electron chi connectivity index (χ4n) is 2.95. The number of aryl methyl sites for hydroxylation is 1. The molecule has 6 nitrogen and oxygen atoms in total. The summed E-state index contributed by atoms with van der Waals surface area (Å²) in [4.78, 5) is 12.6. The van der Waals surface area contributed by atoms with E-state index in [0.717, 1.165) is 6.42 Å². The Morgan fingerprint density at radius 1 is 1.30 bits per heavy atom. The number of carbonyl (C=O) groups is 1. The first kappa shape index (κ1) is 15.9. The molecule has 0 N–H and O–H groups in total. The molecule has 1 aromatic heterocycles. The molecular formula is C16H19N3O3S. The molecule has 7 heteroatoms. The van der Waals surface area contributed by atoms with Gasteiger partial charge in [-0.1, -0.05) is 30.3 Å². The van der Waals surface area contributed by atoms with Crippen molar-refractivity contribution in [2.45, 2.75) is 30.2 Å². The lowest BCUT2D eigenvalue weighted by Gasteiger charge is -2.22. The average Bonchev–Trinajstić information content (AvgIpc) is 3.17. The third-order valence-corrected chi connectivity index (χ3v) is 6.03. The van der Waals surface area contributed by atoms with Gasteiger partial charge < -0.3 is 0 Å². The maximum Gasteiger partial charge on any atom is 0.246 e. The SMILES string of the molecule is Cn1cc(S(=O)(=O)N2CCC[C@@H]2CC(=O)c2ccccc2)cn1. The highest BCUT2D eigenvalue weighted by atomic mass is 32.2. The summed E-state index contributed by atoms with van der Waals surface area (Å²) in [6, 6.07) is 8.71. The molecule has 0 saturated carbocycles. The normalized spacial score (nSPS) is 19.1. The topological polar surface area (TPSA) is 72.3 Å². The molecule has 0 radical (unpaired) electrons. The Morgan fingerprint density at radius 3 is 2.70 bits per heavy atom. The molecule has 0 aliphatic carbocycles. The summed E-state index contributed by atoms with van der Waals surface area (Å²) in [6.45, 7) is 0.448. The van der Waals surface area contributed by atoms with Gasteiger partial charge in [-0.3, -0.25) is 9.48 Å². The molecule has 3 rings (SSSR count). The van der Waals surface area contributed by atoms with E-state index < -0.39 is 10.0 Å². The third kappa shape index (κ3) is 3.20. The van der Waals surface area contributed by atoms with Crippen LogP contribution in [0.5, 0.6) is 0 Å². The smallest absolute Gasteiger partial charge is 0.246 e. The van der Waals surface area contributed by atoms with Crippen molar-refractivity contribution < 1.29 is 13.2 Å². The molecule has 0 amide bonds. The number of rotatable bonds is 5. The number of ketones is 1. The van der Waals surface area contributed by atoms with Crippen molar-refractivity contribution in [2.24, 2.45) is 7.05 Å². The van der Waals surface area contributed by atoms with Crippen LogP contribution >= 0.6 is 0 Å². The van der Waals surface area contributed by atoms with Crippen molar-refractivity contribution in [3.63, 3.8) is 0 Å². The van der Waals surface area contributed by atoms with Crippen LogP contribution in [-0.2, 0) is 17.1 Å². The van der Waals surface area contributed by atoms with Crippen molar-refractivity contribution >= 4 is 15.8 Å². The standard InChI is InChI=1S/C16H19N3O3S/c1-18-12-15(11-17-18)23(21,22)19-9-5-8-14(19)10-16(20)13-6-3-2-4-7-13/h2-4,6-7,11-12,14H,5,8-10H2,1H3/t14-/m1/s1. The summed E-state index contributed by atoms with van der Waals surface area (Å²) in [5.74, 6) is -0.0242. The van der Waals surface area contributed by atoms with Crippen LogP contribution in [0, 0.1) is 0 Å². The van der Waals surface area contributed by atoms with Gasteiger partial charge in [-0.2, -0.15) is 9.40 Å². The van der Waals surface area contributed by atoms with Crippen LogP contribution in [0.2, 0.25) is 0 Å². The maximum atomic E-state index is 12.7. The van der Waals surface area contributed by atoms with Crippen LogP contribution in [0.15, 0.2) is 47.6 Å². The number of sulfonamides is 1. The lowest BCUT2D eigenvalue weighted by Crippen LogP contribution is -2.36. The molecule has 1 aliphatic heterocycles. The van der Waals surface area contributed by atoms with E-state index in [9.17, 15) is 13.2 Å². The highest BCUT2D eigenvalue weighted by molar-refractivity contribution is 7.89. The highest BCUT2D eigenvalue weighted by Crippen LogP contribution is 2.28. The van der Waals surface area contributed by atoms with E-state index >= 15 is 0 Å². The Labute approximate surface area is 135 Å². The van der Waals surface area contributed by atoms with Gasteiger partial charge in [0.15, 0.2) is 5.78 Å². The molecule has 1 aliphatic rings. The van der Waals surface area contributed by atoms with Crippen molar-refractivity contribution in [1.29, 1.82) is 0 Å². The second kappa shape index (κ2) is 6.25. The largest absolute Gasteiger partial charge is 0.294 e. The number of Topliss-reactive ketones (excluding diaryl/α,β-unsaturated/α-hetero) is 1. The number of hydrogen-bond acceptors (Lipinski definition) is 4. The van der Waals surface area contributed by atoms with E-state index in [1.54, 1.807) is 19.2 Å². The van der Waals surface area contributed by atoms with E-state index in [4.69, 9.17) is 0 Å². The van der Waals surface area contributed by atoms with Crippen molar-refractivity contribution in [1.82, 2.24) is 14.1 Å². The molecule has 0 unspecified atom stereocenters. The van der Waals surface area contributed by atoms with E-state index in [-0.39, 0.29) is 23.1 Å². The summed E-state index contributed by atoms with van der Waals surface area (Å²) < 4.78 is 28.4. The predicted molar refractivity (Wildman–Crippen MR) is 85.5 cm³/mol. The number of carbonyl (C=O) groups excluding carboxylic acids is 1. The van der Waals surface area contributed by atoms with Crippen LogP contribution in [0.25, 0.3) is 0 Å². The van der Waals surface area contributed by atoms with Gasteiger partial charge in [0.05, 0.1) is 6.20 Å². The minimum atomic E-state index is -3.60. The van der Waals surface area contributed by atoms with Crippen molar-refractivity contribution in [3.05, 3.63) is 48.3 Å². The minimum absolute atomic E-state index is 0.0242. The summed E-state index contributed by atoms with van der Waals surface area (Å²) in [5.41, 5.74) is 0.623. The maximum absolute atomic E-state index is 12.7. The molecule has 1 saturated heterocycles. The summed E-state index contributed by atoms with van der Waals surface area (Å²) >= 11 is 0. The van der Waals surface area contributed by atoms with Gasteiger partial charge in [0, 0.05) is 37.8 Å². The Balaban J connectivity index is 1.79. The number of hydrogen-bond donors (Lipinski definition) is 0. The predicted octanol–water partition coefficient (Wildman–Crippen LogP) is 1.85. The van der Waals surface area contributed by atoms with Gasteiger partial charge in [-0.25, -0.2) is 8.42 Å². The quantitative estimate of drug-likeness (QED) is 0.783. The van der Waals surface area contributed by atoms with Gasteiger partial charge in [-0.05, 0) is 12.8 Å². The lowest BCUT2D eigenvalue weighted by atomic mass is 10.0. The first-order chi connectivity index (χ1) is 11.0. The fourth-order valence-corrected chi connectivity index (χ4v) is 4.63. The van der Waals surface area contributed by atoms with Crippen LogP contribution < -0.4 is 0 Å². The molecule has 1 aromatic carbocycles. The van der Waals surface area contributed by atoms with Crippen LogP contribution in [0.1, 0.15) is 29.6 Å². The van der Waals surface area contributed by atoms with Crippen LogP contribution in [0.4, 0.5) is 0 Å². The number of aromatic nitrogens is 2. The summed E-state index contributed by atoms with van der Waals surface area (Å²) in [7, 11) is -1.92. The van der Waals surface area contributed by atoms with Gasteiger partial charge in [0.25, 0.3) is 0 Å². The molecule has 122 valence electrons. The molecule has 2 heterocycles. The zero-order chi connectivity index (χ0) is 16.4. The molecule has 0 spiro atoms. The first-order valence-corrected chi connectivity index (χ1v) is 9.01. The minimum Gasteiger partial charge on any atom is -0.294 e. The second-order valence-corrected chi connectivity index (χ2v) is 7.65. The molecular weight excluding hydrogens is 314 g/mol. The zero-order valence-electron chi connectivity index (χ0n) is 12.9. The highest BCUT2D eigenvalue weighted by Gasteiger charge is 2.37. The monoisotopic (exact) mass is 333 g/mol. The molecule has 2 aromatic rings. The summed E-state index contributed by atoms with van der Waals surface area (Å²) in [5, 5.41) is 3.93. The number of benzene rings is 1. The van der Waals surface area contributed by atoms with E-state index in [0.29, 0.717) is 18.5 Å². The second-order valence-electron chi connectivity index (χ2n) is 5.75. The molecule has 0 bridgehead atoms. The van der Waals surface area contributed by atoms with E-state index in [2.05, 4.69) is 5.10 Å². The lowest BCUT2D eigenvalue weighted by molar-refractivity contribution is 0.0961. The van der Waals surface area contributed by atoms with Crippen molar-refractivity contribution in [3.8, 4) is 0 Å². The Bertz CT molecular complexity index is 799. The van der Waals surface area contributed by atoms with E-state index in [1.807, 2.05) is 18.2 Å². The average molecular weight is 333 g/mol. The van der Waals surface area contributed by atoms with Gasteiger partial charge in [-0.15, -0.1) is 0 Å². The Hall–Kier alpha value is -1.99. The van der Waals surface area contributed by atoms with E-state index in [1.165, 1.54) is 21.4 Å². The number of nitrogens with zero attached hydrogens (tertiary/aromatic N) is 3.